The molecular weight excluding hydrogens is 1020 g/mol. The van der Waals surface area contributed by atoms with Crippen molar-refractivity contribution in [3.63, 3.8) is 0 Å². The molecule has 354 valence electrons. The van der Waals surface area contributed by atoms with Crippen LogP contribution in [0, 0.1) is 63.6 Å². The number of nitriles is 2. The summed E-state index contributed by atoms with van der Waals surface area (Å²) in [6.07, 6.45) is 8.61. The monoisotopic (exact) mass is 1060 g/mol. The van der Waals surface area contributed by atoms with Crippen LogP contribution in [0.15, 0.2) is 44.2 Å². The van der Waals surface area contributed by atoms with E-state index in [0.29, 0.717) is 26.2 Å². The number of aliphatic imine (C=N–C) groups is 4. The number of nitrogens with zero attached hydrogens (tertiary/aromatic N) is 10. The standard InChI is InChI=1S/C18H20N8.2C2H3N.4ClHO4.2Co.6H2O/c1-7-19-11-15-3-5-17(25-23-15)13-21-9-2-10-22-14-18-6-4-16(24-26-18)12-20-8-1;2*1-2-3;4*2-1(3,4)5;;;;;;;;/h3-6,11-14H,1-2,7-10H2;2*1H3;4*(H,2,3,4,5);;;6*1H2/q;;;;;;;2*+2;;;;;;. The molecule has 0 aliphatic carbocycles. The van der Waals surface area contributed by atoms with Gasteiger partial charge >= 0.3 is 33.6 Å². The minimum Gasteiger partial charge on any atom is -0.457 e. The second-order valence-corrected chi connectivity index (χ2v) is 10.6. The third-order valence-corrected chi connectivity index (χ3v) is 3.45. The molecule has 38 heteroatoms. The van der Waals surface area contributed by atoms with Gasteiger partial charge in [-0.15, -0.1) is 61.4 Å². The van der Waals surface area contributed by atoms with Crippen molar-refractivity contribution in [1.82, 2.24) is 20.4 Å². The summed E-state index contributed by atoms with van der Waals surface area (Å²) < 4.78 is 136. The van der Waals surface area contributed by atoms with Gasteiger partial charge in [-0.1, -0.05) is 0 Å². The van der Waals surface area contributed by atoms with Crippen molar-refractivity contribution in [1.29, 1.82) is 10.5 Å². The molecule has 2 aromatic heterocycles. The van der Waals surface area contributed by atoms with Crippen LogP contribution in [-0.4, -0.2) is 82.4 Å². The Bertz CT molecular complexity index is 1170. The summed E-state index contributed by atoms with van der Waals surface area (Å²) in [6.45, 7) is 5.60. The van der Waals surface area contributed by atoms with Crippen LogP contribution >= 0.6 is 0 Å². The molecule has 6 heterocycles. The number of rotatable bonds is 0. The normalized spacial score (nSPS) is 11.1. The Morgan fingerprint density at radius 2 is 0.517 bits per heavy atom. The minimum absolute atomic E-state index is 0. The first kappa shape index (κ1) is 88.4. The molecular formula is C22H42Cl4Co2N10O22+4. The van der Waals surface area contributed by atoms with Gasteiger partial charge in [0.15, 0.2) is 0 Å². The van der Waals surface area contributed by atoms with Crippen molar-refractivity contribution in [2.45, 2.75) is 26.7 Å². The van der Waals surface area contributed by atoms with E-state index in [1.54, 1.807) is 37.0 Å². The topological polar surface area (TPSA) is 713 Å². The van der Waals surface area contributed by atoms with Gasteiger partial charge in [-0.05, 0) is 37.1 Å². The molecule has 2 aromatic rings. The Morgan fingerprint density at radius 3 is 0.617 bits per heavy atom. The second kappa shape index (κ2) is 52.3. The van der Waals surface area contributed by atoms with Crippen molar-refractivity contribution in [3.8, 4) is 12.1 Å². The molecule has 60 heavy (non-hydrogen) atoms. The largest absolute Gasteiger partial charge is 2.00 e. The molecule has 0 spiro atoms. The van der Waals surface area contributed by atoms with E-state index >= 15 is 0 Å². The van der Waals surface area contributed by atoms with Gasteiger partial charge in [-0.3, -0.25) is 20.0 Å². The van der Waals surface area contributed by atoms with Gasteiger partial charge in [0.05, 0.1) is 12.1 Å². The summed E-state index contributed by atoms with van der Waals surface area (Å²) in [5, 5.41) is 31.1. The van der Waals surface area contributed by atoms with Crippen molar-refractivity contribution in [2.75, 3.05) is 26.2 Å². The summed E-state index contributed by atoms with van der Waals surface area (Å²) in [4.78, 5) is 17.4. The van der Waals surface area contributed by atoms with Crippen LogP contribution < -0.4 is 74.5 Å². The first-order valence-electron chi connectivity index (χ1n) is 12.5. The molecule has 0 saturated heterocycles. The van der Waals surface area contributed by atoms with E-state index in [2.05, 4.69) is 40.4 Å². The summed E-state index contributed by atoms with van der Waals surface area (Å²) >= 11 is 0. The second-order valence-electron chi connectivity index (χ2n) is 7.57. The Morgan fingerprint density at radius 1 is 0.400 bits per heavy atom. The molecule has 0 fully saturated rings. The number of hydrogen-bond acceptors (Lipinski definition) is 26. The van der Waals surface area contributed by atoms with E-state index in [-0.39, 0.29) is 66.4 Å². The van der Waals surface area contributed by atoms with E-state index in [0.717, 1.165) is 35.6 Å². The van der Waals surface area contributed by atoms with Crippen LogP contribution in [0.2, 0.25) is 0 Å². The average Bonchev–Trinajstić information content (AvgIpc) is 2.95. The maximum absolute atomic E-state index is 8.49. The molecule has 4 aliphatic rings. The minimum atomic E-state index is -4.94. The van der Waals surface area contributed by atoms with Gasteiger partial charge in [-0.2, -0.15) is 10.5 Å². The zero-order valence-corrected chi connectivity index (χ0v) is 35.5. The molecule has 0 unspecified atom stereocenters. The molecule has 2 radical (unpaired) electrons. The summed E-state index contributed by atoms with van der Waals surface area (Å²) in [6, 6.07) is 11.0. The fourth-order valence-corrected chi connectivity index (χ4v) is 2.12. The van der Waals surface area contributed by atoms with E-state index in [1.165, 1.54) is 13.8 Å². The smallest absolute Gasteiger partial charge is 0.457 e. The van der Waals surface area contributed by atoms with Crippen LogP contribution in [0.5, 0.6) is 0 Å². The summed E-state index contributed by atoms with van der Waals surface area (Å²) in [7, 11) is -19.8. The molecule has 4 aliphatic heterocycles. The third-order valence-electron chi connectivity index (χ3n) is 3.45. The predicted molar refractivity (Wildman–Crippen MR) is 152 cm³/mol. The van der Waals surface area contributed by atoms with Crippen LogP contribution in [0.4, 0.5) is 0 Å². The summed E-state index contributed by atoms with van der Waals surface area (Å²) in [5.41, 5.74) is 2.94. The van der Waals surface area contributed by atoms with Gasteiger partial charge in [0, 0.05) is 64.9 Å². The van der Waals surface area contributed by atoms with E-state index in [4.69, 9.17) is 85.1 Å². The summed E-state index contributed by atoms with van der Waals surface area (Å²) in [5.74, 6) is 0. The van der Waals surface area contributed by atoms with Crippen molar-refractivity contribution in [3.05, 3.63) is 47.0 Å². The molecule has 0 atom stereocenters. The zero-order chi connectivity index (χ0) is 41.3. The molecule has 16 N–H and O–H groups in total. The van der Waals surface area contributed by atoms with Crippen LogP contribution in [-0.2, 0) is 55.5 Å². The molecule has 0 saturated carbocycles. The Hall–Kier alpha value is -2.89. The van der Waals surface area contributed by atoms with Crippen LogP contribution in [0.1, 0.15) is 49.5 Å². The van der Waals surface area contributed by atoms with E-state index in [9.17, 15) is 0 Å². The van der Waals surface area contributed by atoms with E-state index < -0.39 is 41.0 Å². The van der Waals surface area contributed by atoms with Gasteiger partial charge in [0.2, 0.25) is 0 Å². The van der Waals surface area contributed by atoms with Crippen LogP contribution in [0.25, 0.3) is 0 Å². The Kier molecular flexibility index (Phi) is 77.0. The number of aromatic nitrogens is 4. The zero-order valence-electron chi connectivity index (χ0n) is 30.4. The fourth-order valence-electron chi connectivity index (χ4n) is 2.12. The Balaban J connectivity index is -0.0000000569. The predicted octanol–water partition coefficient (Wildman–Crippen LogP) is -21.9. The van der Waals surface area contributed by atoms with Gasteiger partial charge in [0.25, 0.3) is 0 Å². The maximum Gasteiger partial charge on any atom is 2.00 e. The van der Waals surface area contributed by atoms with Gasteiger partial charge in [-0.25, -0.2) is 74.5 Å². The molecule has 0 amide bonds. The molecule has 6 rings (SSSR count). The quantitative estimate of drug-likeness (QED) is 0.221. The van der Waals surface area contributed by atoms with Crippen molar-refractivity contribution < 1.29 is 182 Å². The number of hydrogen-bond donors (Lipinski definition) is 0. The van der Waals surface area contributed by atoms with E-state index in [1.807, 2.05) is 24.3 Å². The van der Waals surface area contributed by atoms with Crippen molar-refractivity contribution >= 4 is 24.9 Å². The molecule has 0 aromatic carbocycles. The van der Waals surface area contributed by atoms with Crippen molar-refractivity contribution in [2.24, 2.45) is 20.0 Å². The SMILES string of the molecule is C1=NCCCN=Cc2ccc(nn2)C=NCCCN=Cc2ccc1nn2.CC#N.CC#N.O.O.[Co+2].[Co+2].[O-][Cl+3]([O-])([O-])[O-].[O-][Cl+3]([O-])([O-])[O-].[O-][Cl+3]([O-])([O-])[O-].[O-][Cl+3]([O-])([O-])[O-].[OH3+].[OH3+].[OH3+].[OH3+]. The number of halogens is 4. The maximum atomic E-state index is 8.49. The third kappa shape index (κ3) is 117. The Labute approximate surface area is 368 Å². The first-order valence-corrected chi connectivity index (χ1v) is 17.4. The van der Waals surface area contributed by atoms with Gasteiger partial charge < -0.3 is 32.9 Å². The van der Waals surface area contributed by atoms with Gasteiger partial charge in [0.1, 0.15) is 22.8 Å². The average molecular weight is 1060 g/mol. The fraction of sp³-hybridized carbons (Fsp3) is 0.364. The molecule has 32 nitrogen and oxygen atoms in total. The first-order chi connectivity index (χ1) is 23.7. The molecule has 4 bridgehead atoms. The van der Waals surface area contributed by atoms with Crippen LogP contribution in [0.3, 0.4) is 0 Å².